The number of nitrogens with zero attached hydrogens (tertiary/aromatic N) is 6. The molecule has 1 fully saturated rings. The Labute approximate surface area is 144 Å². The molecule has 0 N–H and O–H groups in total. The number of hydrogen-bond donors (Lipinski definition) is 0. The molecule has 124 valence electrons. The molecular formula is C18H15FN6. The normalized spacial score (nSPS) is 14.2. The Morgan fingerprint density at radius 3 is 2.72 bits per heavy atom. The van der Waals surface area contributed by atoms with Crippen LogP contribution < -0.4 is 4.90 Å². The van der Waals surface area contributed by atoms with Crippen molar-refractivity contribution >= 4 is 5.69 Å². The van der Waals surface area contributed by atoms with Gasteiger partial charge in [0.05, 0.1) is 17.2 Å². The molecular weight excluding hydrogens is 319 g/mol. The Balaban J connectivity index is 1.69. The average Bonchev–Trinajstić information content (AvgIpc) is 3.00. The number of halogens is 1. The van der Waals surface area contributed by atoms with Gasteiger partial charge in [-0.15, -0.1) is 10.2 Å². The van der Waals surface area contributed by atoms with E-state index in [1.54, 1.807) is 18.5 Å². The number of anilines is 1. The Morgan fingerprint density at radius 2 is 2.08 bits per heavy atom. The molecule has 3 heterocycles. The fourth-order valence-electron chi connectivity index (χ4n) is 3.23. The first-order valence-electron chi connectivity index (χ1n) is 7.91. The second-order valence-electron chi connectivity index (χ2n) is 6.09. The molecule has 2 aromatic heterocycles. The number of para-hydroxylation sites is 1. The fraction of sp³-hybridized carbons (Fsp3) is 0.222. The molecule has 0 radical (unpaired) electrons. The fourth-order valence-corrected chi connectivity index (χ4v) is 3.23. The molecule has 0 amide bonds. The van der Waals surface area contributed by atoms with Crippen molar-refractivity contribution in [3.63, 3.8) is 0 Å². The van der Waals surface area contributed by atoms with Crippen LogP contribution in [0.4, 0.5) is 10.1 Å². The molecule has 0 atom stereocenters. The van der Waals surface area contributed by atoms with Crippen LogP contribution >= 0.6 is 0 Å². The third-order valence-corrected chi connectivity index (χ3v) is 4.50. The molecule has 7 heteroatoms. The van der Waals surface area contributed by atoms with E-state index in [4.69, 9.17) is 0 Å². The highest BCUT2D eigenvalue weighted by Crippen LogP contribution is 2.39. The molecule has 3 aromatic rings. The summed E-state index contributed by atoms with van der Waals surface area (Å²) in [7, 11) is 1.93. The summed E-state index contributed by atoms with van der Waals surface area (Å²) in [5.74, 6) is 0.696. The van der Waals surface area contributed by atoms with Gasteiger partial charge in [-0.25, -0.2) is 4.98 Å². The first kappa shape index (κ1) is 15.3. The highest BCUT2D eigenvalue weighted by Gasteiger charge is 2.34. The summed E-state index contributed by atoms with van der Waals surface area (Å²) in [4.78, 5) is 5.88. The Kier molecular flexibility index (Phi) is 3.65. The number of aryl methyl sites for hydroxylation is 1. The first-order valence-corrected chi connectivity index (χ1v) is 7.91. The quantitative estimate of drug-likeness (QED) is 0.688. The minimum atomic E-state index is -0.520. The summed E-state index contributed by atoms with van der Waals surface area (Å²) in [6.45, 7) is 1.51. The smallest absolute Gasteiger partial charge is 0.212 e. The van der Waals surface area contributed by atoms with Crippen LogP contribution in [0, 0.1) is 17.3 Å². The van der Waals surface area contributed by atoms with Gasteiger partial charge in [0.15, 0.2) is 0 Å². The zero-order valence-corrected chi connectivity index (χ0v) is 13.6. The van der Waals surface area contributed by atoms with Gasteiger partial charge in [0.25, 0.3) is 0 Å². The van der Waals surface area contributed by atoms with Crippen molar-refractivity contribution in [3.8, 4) is 17.2 Å². The van der Waals surface area contributed by atoms with Crippen molar-refractivity contribution in [3.05, 3.63) is 60.2 Å². The molecule has 1 aliphatic rings. The molecule has 0 saturated carbocycles. The summed E-state index contributed by atoms with van der Waals surface area (Å²) >= 11 is 0. The molecule has 25 heavy (non-hydrogen) atoms. The van der Waals surface area contributed by atoms with E-state index in [1.165, 1.54) is 12.3 Å². The SMILES string of the molecule is Cn1cnnc1C1CN(c2c(C#N)cccc2-c2ccc(F)nc2)C1. The highest BCUT2D eigenvalue weighted by molar-refractivity contribution is 5.83. The molecule has 6 nitrogen and oxygen atoms in total. The van der Waals surface area contributed by atoms with Crippen LogP contribution in [-0.4, -0.2) is 32.8 Å². The predicted octanol–water partition coefficient (Wildman–Crippen LogP) is 2.49. The van der Waals surface area contributed by atoms with E-state index in [2.05, 4.69) is 26.2 Å². The predicted molar refractivity (Wildman–Crippen MR) is 90.3 cm³/mol. The van der Waals surface area contributed by atoms with Crippen LogP contribution in [0.15, 0.2) is 42.9 Å². The molecule has 0 bridgehead atoms. The molecule has 1 aromatic carbocycles. The van der Waals surface area contributed by atoms with Crippen molar-refractivity contribution in [2.75, 3.05) is 18.0 Å². The van der Waals surface area contributed by atoms with Crippen molar-refractivity contribution in [2.24, 2.45) is 7.05 Å². The summed E-state index contributed by atoms with van der Waals surface area (Å²) in [6, 6.07) is 10.8. The van der Waals surface area contributed by atoms with Gasteiger partial charge in [0, 0.05) is 37.5 Å². The number of nitriles is 1. The lowest BCUT2D eigenvalue weighted by Crippen LogP contribution is -2.46. The Morgan fingerprint density at radius 1 is 1.24 bits per heavy atom. The van der Waals surface area contributed by atoms with E-state index in [9.17, 15) is 9.65 Å². The van der Waals surface area contributed by atoms with Gasteiger partial charge in [-0.2, -0.15) is 9.65 Å². The van der Waals surface area contributed by atoms with E-state index in [1.807, 2.05) is 23.7 Å². The van der Waals surface area contributed by atoms with Crippen molar-refractivity contribution < 1.29 is 4.39 Å². The van der Waals surface area contributed by atoms with Crippen LogP contribution in [0.2, 0.25) is 0 Å². The number of rotatable bonds is 3. The largest absolute Gasteiger partial charge is 0.368 e. The lowest BCUT2D eigenvalue weighted by molar-refractivity contribution is 0.487. The number of hydrogen-bond acceptors (Lipinski definition) is 5. The lowest BCUT2D eigenvalue weighted by Gasteiger charge is -2.41. The van der Waals surface area contributed by atoms with Gasteiger partial charge in [0.2, 0.25) is 5.95 Å². The van der Waals surface area contributed by atoms with Crippen LogP contribution in [0.3, 0.4) is 0 Å². The molecule has 1 saturated heterocycles. The van der Waals surface area contributed by atoms with Crippen molar-refractivity contribution in [1.82, 2.24) is 19.7 Å². The van der Waals surface area contributed by atoms with Crippen LogP contribution in [0.5, 0.6) is 0 Å². The summed E-state index contributed by atoms with van der Waals surface area (Å²) in [5.41, 5.74) is 3.12. The minimum absolute atomic E-state index is 0.276. The molecule has 0 spiro atoms. The molecule has 1 aliphatic heterocycles. The van der Waals surface area contributed by atoms with E-state index >= 15 is 0 Å². The topological polar surface area (TPSA) is 70.6 Å². The third-order valence-electron chi connectivity index (χ3n) is 4.50. The standard InChI is InChI=1S/C18H15FN6/c1-24-11-22-23-18(24)14-9-25(10-14)17-12(7-20)3-2-4-15(17)13-5-6-16(19)21-8-13/h2-6,8,11,14H,9-10H2,1H3. The van der Waals surface area contributed by atoms with Gasteiger partial charge < -0.3 is 9.47 Å². The lowest BCUT2D eigenvalue weighted by atomic mass is 9.93. The first-order chi connectivity index (χ1) is 12.2. The van der Waals surface area contributed by atoms with Gasteiger partial charge >= 0.3 is 0 Å². The van der Waals surface area contributed by atoms with Gasteiger partial charge in [-0.05, 0) is 18.2 Å². The number of aromatic nitrogens is 4. The van der Waals surface area contributed by atoms with E-state index < -0.39 is 5.95 Å². The zero-order chi connectivity index (χ0) is 17.4. The summed E-state index contributed by atoms with van der Waals surface area (Å²) in [5, 5.41) is 17.6. The maximum absolute atomic E-state index is 13.1. The van der Waals surface area contributed by atoms with Gasteiger partial charge in [-0.3, -0.25) is 0 Å². The van der Waals surface area contributed by atoms with E-state index in [0.717, 1.165) is 35.7 Å². The average molecular weight is 334 g/mol. The molecule has 0 aliphatic carbocycles. The number of benzene rings is 1. The third kappa shape index (κ3) is 2.62. The zero-order valence-electron chi connectivity index (χ0n) is 13.6. The summed E-state index contributed by atoms with van der Waals surface area (Å²) < 4.78 is 15.1. The number of pyridine rings is 1. The van der Waals surface area contributed by atoms with Crippen LogP contribution in [-0.2, 0) is 7.05 Å². The van der Waals surface area contributed by atoms with Crippen molar-refractivity contribution in [2.45, 2.75) is 5.92 Å². The van der Waals surface area contributed by atoms with E-state index in [-0.39, 0.29) is 5.92 Å². The van der Waals surface area contributed by atoms with Crippen molar-refractivity contribution in [1.29, 1.82) is 5.26 Å². The van der Waals surface area contributed by atoms with Crippen LogP contribution in [0.25, 0.3) is 11.1 Å². The minimum Gasteiger partial charge on any atom is -0.368 e. The van der Waals surface area contributed by atoms with Gasteiger partial charge in [-0.1, -0.05) is 12.1 Å². The molecule has 4 rings (SSSR count). The molecule has 0 unspecified atom stereocenters. The second kappa shape index (κ2) is 5.98. The Hall–Kier alpha value is -3.27. The summed E-state index contributed by atoms with van der Waals surface area (Å²) in [6.07, 6.45) is 3.19. The maximum atomic E-state index is 13.1. The van der Waals surface area contributed by atoms with Crippen LogP contribution in [0.1, 0.15) is 17.3 Å². The second-order valence-corrected chi connectivity index (χ2v) is 6.09. The maximum Gasteiger partial charge on any atom is 0.212 e. The Bertz CT molecular complexity index is 950. The van der Waals surface area contributed by atoms with Gasteiger partial charge in [0.1, 0.15) is 18.2 Å². The van der Waals surface area contributed by atoms with E-state index in [0.29, 0.717) is 5.56 Å². The highest BCUT2D eigenvalue weighted by atomic mass is 19.1. The monoisotopic (exact) mass is 334 g/mol.